The number of hydrogen-bond donors (Lipinski definition) is 1. The maximum Gasteiger partial charge on any atom is 0.0660 e. The fourth-order valence-electron chi connectivity index (χ4n) is 1.74. The predicted octanol–water partition coefficient (Wildman–Crippen LogP) is 3.72. The van der Waals surface area contributed by atoms with Gasteiger partial charge in [-0.1, -0.05) is 17.7 Å². The first-order valence-electron chi connectivity index (χ1n) is 6.41. The van der Waals surface area contributed by atoms with E-state index in [-0.39, 0.29) is 5.54 Å². The maximum absolute atomic E-state index is 6.33. The average Bonchev–Trinajstić information content (AvgIpc) is 2.73. The molecule has 102 valence electrons. The summed E-state index contributed by atoms with van der Waals surface area (Å²) in [6.07, 6.45) is 1.94. The van der Waals surface area contributed by atoms with Gasteiger partial charge < -0.3 is 5.32 Å². The largest absolute Gasteiger partial charge is 0.308 e. The van der Waals surface area contributed by atoms with Crippen molar-refractivity contribution >= 4 is 11.6 Å². The van der Waals surface area contributed by atoms with Crippen LogP contribution in [0.5, 0.6) is 0 Å². The first kappa shape index (κ1) is 14.1. The minimum absolute atomic E-state index is 0.0844. The van der Waals surface area contributed by atoms with E-state index in [4.69, 9.17) is 11.6 Å². The summed E-state index contributed by atoms with van der Waals surface area (Å²) in [4.78, 5) is 0. The molecule has 19 heavy (non-hydrogen) atoms. The second-order valence-electron chi connectivity index (χ2n) is 5.78. The summed E-state index contributed by atoms with van der Waals surface area (Å²) in [6, 6.07) is 8.02. The van der Waals surface area contributed by atoms with Gasteiger partial charge in [0.15, 0.2) is 0 Å². The second-order valence-corrected chi connectivity index (χ2v) is 6.19. The Kier molecular flexibility index (Phi) is 3.97. The van der Waals surface area contributed by atoms with Gasteiger partial charge in [-0.3, -0.25) is 0 Å². The molecule has 0 amide bonds. The smallest absolute Gasteiger partial charge is 0.0660 e. The molecule has 2 rings (SSSR count). The van der Waals surface area contributed by atoms with Crippen LogP contribution in [0.3, 0.4) is 0 Å². The summed E-state index contributed by atoms with van der Waals surface area (Å²) in [6.45, 7) is 9.16. The van der Waals surface area contributed by atoms with Crippen LogP contribution in [0.25, 0.3) is 5.69 Å². The van der Waals surface area contributed by atoms with Crippen LogP contribution >= 0.6 is 11.6 Å². The van der Waals surface area contributed by atoms with Crippen molar-refractivity contribution in [3.8, 4) is 5.69 Å². The van der Waals surface area contributed by atoms with Crippen molar-refractivity contribution in [2.45, 2.75) is 39.8 Å². The number of halogens is 1. The van der Waals surface area contributed by atoms with Gasteiger partial charge in [0.1, 0.15) is 0 Å². The van der Waals surface area contributed by atoms with Gasteiger partial charge in [0, 0.05) is 23.3 Å². The SMILES string of the molecule is Cc1ccn(-c2ccc(CNC(C)(C)C)c(Cl)c2)n1. The van der Waals surface area contributed by atoms with Crippen LogP contribution in [0.4, 0.5) is 0 Å². The van der Waals surface area contributed by atoms with Crippen LogP contribution in [-0.2, 0) is 6.54 Å². The summed E-state index contributed by atoms with van der Waals surface area (Å²) >= 11 is 6.33. The molecule has 0 saturated heterocycles. The fraction of sp³-hybridized carbons (Fsp3) is 0.400. The predicted molar refractivity (Wildman–Crippen MR) is 79.9 cm³/mol. The number of aryl methyl sites for hydroxylation is 1. The molecule has 0 fully saturated rings. The molecule has 0 bridgehead atoms. The third-order valence-corrected chi connectivity index (χ3v) is 3.18. The van der Waals surface area contributed by atoms with E-state index in [2.05, 4.69) is 31.2 Å². The standard InChI is InChI=1S/C15H20ClN3/c1-11-7-8-19(18-11)13-6-5-12(14(16)9-13)10-17-15(2,3)4/h5-9,17H,10H2,1-4H3. The van der Waals surface area contributed by atoms with Gasteiger partial charge in [-0.15, -0.1) is 0 Å². The topological polar surface area (TPSA) is 29.9 Å². The first-order valence-corrected chi connectivity index (χ1v) is 6.79. The molecular formula is C15H20ClN3. The molecule has 0 aliphatic carbocycles. The molecule has 4 heteroatoms. The lowest BCUT2D eigenvalue weighted by molar-refractivity contribution is 0.424. The van der Waals surface area contributed by atoms with Crippen LogP contribution in [0, 0.1) is 6.92 Å². The van der Waals surface area contributed by atoms with Crippen molar-refractivity contribution in [1.82, 2.24) is 15.1 Å². The number of benzene rings is 1. The molecule has 0 aliphatic rings. The Bertz CT molecular complexity index is 567. The van der Waals surface area contributed by atoms with Gasteiger partial charge in [0.05, 0.1) is 11.4 Å². The second kappa shape index (κ2) is 5.35. The molecule has 0 radical (unpaired) electrons. The highest BCUT2D eigenvalue weighted by Crippen LogP contribution is 2.20. The molecule has 0 aliphatic heterocycles. The van der Waals surface area contributed by atoms with Crippen LogP contribution in [-0.4, -0.2) is 15.3 Å². The zero-order chi connectivity index (χ0) is 14.0. The summed E-state index contributed by atoms with van der Waals surface area (Å²) in [7, 11) is 0. The summed E-state index contributed by atoms with van der Waals surface area (Å²) in [5, 5.41) is 8.58. The van der Waals surface area contributed by atoms with Gasteiger partial charge in [-0.2, -0.15) is 5.10 Å². The average molecular weight is 278 g/mol. The van der Waals surface area contributed by atoms with Crippen molar-refractivity contribution < 1.29 is 0 Å². The van der Waals surface area contributed by atoms with Gasteiger partial charge >= 0.3 is 0 Å². The van der Waals surface area contributed by atoms with E-state index < -0.39 is 0 Å². The summed E-state index contributed by atoms with van der Waals surface area (Å²) < 4.78 is 1.84. The Hall–Kier alpha value is -1.32. The Morgan fingerprint density at radius 1 is 1.26 bits per heavy atom. The minimum atomic E-state index is 0.0844. The molecule has 2 aromatic rings. The van der Waals surface area contributed by atoms with Crippen LogP contribution in [0.2, 0.25) is 5.02 Å². The van der Waals surface area contributed by atoms with E-state index >= 15 is 0 Å². The van der Waals surface area contributed by atoms with E-state index in [1.54, 1.807) is 0 Å². The first-order chi connectivity index (χ1) is 8.85. The van der Waals surface area contributed by atoms with E-state index in [0.29, 0.717) is 0 Å². The number of nitrogens with one attached hydrogen (secondary N) is 1. The lowest BCUT2D eigenvalue weighted by Crippen LogP contribution is -2.35. The quantitative estimate of drug-likeness (QED) is 0.927. The Labute approximate surface area is 119 Å². The van der Waals surface area contributed by atoms with Crippen molar-refractivity contribution in [1.29, 1.82) is 0 Å². The number of rotatable bonds is 3. The third kappa shape index (κ3) is 3.82. The zero-order valence-corrected chi connectivity index (χ0v) is 12.6. The molecule has 1 aromatic carbocycles. The lowest BCUT2D eigenvalue weighted by atomic mass is 10.1. The van der Waals surface area contributed by atoms with E-state index in [9.17, 15) is 0 Å². The molecule has 1 N–H and O–H groups in total. The van der Waals surface area contributed by atoms with E-state index in [1.807, 2.05) is 42.1 Å². The lowest BCUT2D eigenvalue weighted by Gasteiger charge is -2.21. The van der Waals surface area contributed by atoms with Crippen LogP contribution < -0.4 is 5.32 Å². The van der Waals surface area contributed by atoms with Crippen LogP contribution in [0.1, 0.15) is 32.0 Å². The van der Waals surface area contributed by atoms with Crippen molar-refractivity contribution in [3.05, 3.63) is 46.7 Å². The van der Waals surface area contributed by atoms with E-state index in [1.165, 1.54) is 0 Å². The van der Waals surface area contributed by atoms with E-state index in [0.717, 1.165) is 28.5 Å². The maximum atomic E-state index is 6.33. The summed E-state index contributed by atoms with van der Waals surface area (Å²) in [5.41, 5.74) is 3.16. The molecule has 0 spiro atoms. The van der Waals surface area contributed by atoms with Crippen molar-refractivity contribution in [2.24, 2.45) is 0 Å². The molecule has 3 nitrogen and oxygen atoms in total. The molecule has 1 aromatic heterocycles. The molecule has 0 atom stereocenters. The van der Waals surface area contributed by atoms with Crippen molar-refractivity contribution in [2.75, 3.05) is 0 Å². The summed E-state index contributed by atoms with van der Waals surface area (Å²) in [5.74, 6) is 0. The highest BCUT2D eigenvalue weighted by atomic mass is 35.5. The van der Waals surface area contributed by atoms with Gasteiger partial charge in [-0.25, -0.2) is 4.68 Å². The van der Waals surface area contributed by atoms with Gasteiger partial charge in [0.25, 0.3) is 0 Å². The number of hydrogen-bond acceptors (Lipinski definition) is 2. The van der Waals surface area contributed by atoms with Gasteiger partial charge in [0.2, 0.25) is 0 Å². The zero-order valence-electron chi connectivity index (χ0n) is 11.9. The van der Waals surface area contributed by atoms with Crippen LogP contribution in [0.15, 0.2) is 30.5 Å². The fourth-order valence-corrected chi connectivity index (χ4v) is 1.98. The van der Waals surface area contributed by atoms with Gasteiger partial charge in [-0.05, 0) is 51.5 Å². The number of aromatic nitrogens is 2. The monoisotopic (exact) mass is 277 g/mol. The highest BCUT2D eigenvalue weighted by Gasteiger charge is 2.10. The Morgan fingerprint density at radius 3 is 2.53 bits per heavy atom. The Morgan fingerprint density at radius 2 is 2.00 bits per heavy atom. The number of nitrogens with zero attached hydrogens (tertiary/aromatic N) is 2. The molecule has 0 saturated carbocycles. The molecule has 0 unspecified atom stereocenters. The molecular weight excluding hydrogens is 258 g/mol. The molecule has 1 heterocycles. The van der Waals surface area contributed by atoms with Crippen molar-refractivity contribution in [3.63, 3.8) is 0 Å². The minimum Gasteiger partial charge on any atom is -0.308 e. The third-order valence-electron chi connectivity index (χ3n) is 2.83. The highest BCUT2D eigenvalue weighted by molar-refractivity contribution is 6.31. The normalized spacial score (nSPS) is 11.8. The Balaban J connectivity index is 2.18.